The number of nitrogens with zero attached hydrogens (tertiary/aromatic N) is 1. The SMILES string of the molecule is CCN(CC)CCc1cccc2c1oc1ccccc12. The van der Waals surface area contributed by atoms with Gasteiger partial charge in [0.25, 0.3) is 0 Å². The van der Waals surface area contributed by atoms with E-state index in [1.807, 2.05) is 12.1 Å². The summed E-state index contributed by atoms with van der Waals surface area (Å²) in [5.41, 5.74) is 3.35. The first kappa shape index (κ1) is 13.2. The number of rotatable bonds is 5. The van der Waals surface area contributed by atoms with Crippen LogP contribution >= 0.6 is 0 Å². The van der Waals surface area contributed by atoms with Crippen LogP contribution in [-0.2, 0) is 6.42 Å². The van der Waals surface area contributed by atoms with Crippen LogP contribution < -0.4 is 0 Å². The molecule has 0 saturated heterocycles. The highest BCUT2D eigenvalue weighted by Gasteiger charge is 2.10. The summed E-state index contributed by atoms with van der Waals surface area (Å²) in [6.07, 6.45) is 1.04. The molecule has 20 heavy (non-hydrogen) atoms. The molecule has 0 radical (unpaired) electrons. The van der Waals surface area contributed by atoms with Gasteiger partial charge in [0, 0.05) is 17.3 Å². The van der Waals surface area contributed by atoms with Crippen molar-refractivity contribution in [2.45, 2.75) is 20.3 Å². The first-order valence-corrected chi connectivity index (χ1v) is 7.45. The third-order valence-electron chi connectivity index (χ3n) is 4.08. The van der Waals surface area contributed by atoms with Crippen molar-refractivity contribution >= 4 is 21.9 Å². The zero-order chi connectivity index (χ0) is 13.9. The van der Waals surface area contributed by atoms with Crippen molar-refractivity contribution in [1.82, 2.24) is 4.90 Å². The van der Waals surface area contributed by atoms with E-state index >= 15 is 0 Å². The van der Waals surface area contributed by atoms with E-state index in [2.05, 4.69) is 49.1 Å². The molecule has 0 aliphatic carbocycles. The van der Waals surface area contributed by atoms with Crippen LogP contribution in [0, 0.1) is 0 Å². The van der Waals surface area contributed by atoms with E-state index in [1.165, 1.54) is 16.3 Å². The van der Waals surface area contributed by atoms with Gasteiger partial charge in [-0.1, -0.05) is 50.2 Å². The molecule has 0 spiro atoms. The molecular weight excluding hydrogens is 246 g/mol. The Morgan fingerprint density at radius 2 is 1.65 bits per heavy atom. The second kappa shape index (κ2) is 5.68. The van der Waals surface area contributed by atoms with Gasteiger partial charge in [-0.2, -0.15) is 0 Å². The number of benzene rings is 2. The third-order valence-corrected chi connectivity index (χ3v) is 4.08. The molecule has 2 nitrogen and oxygen atoms in total. The second-order valence-corrected chi connectivity index (χ2v) is 5.17. The highest BCUT2D eigenvalue weighted by molar-refractivity contribution is 6.05. The lowest BCUT2D eigenvalue weighted by atomic mass is 10.1. The maximum Gasteiger partial charge on any atom is 0.138 e. The minimum Gasteiger partial charge on any atom is -0.456 e. The maximum atomic E-state index is 6.06. The molecular formula is C18H21NO. The summed E-state index contributed by atoms with van der Waals surface area (Å²) >= 11 is 0. The minimum atomic E-state index is 0.984. The summed E-state index contributed by atoms with van der Waals surface area (Å²) < 4.78 is 6.06. The van der Waals surface area contributed by atoms with Crippen LogP contribution in [0.3, 0.4) is 0 Å². The highest BCUT2D eigenvalue weighted by Crippen LogP contribution is 2.30. The van der Waals surface area contributed by atoms with Crippen molar-refractivity contribution in [2.75, 3.05) is 19.6 Å². The Bertz CT molecular complexity index is 710. The van der Waals surface area contributed by atoms with Crippen molar-refractivity contribution in [1.29, 1.82) is 0 Å². The van der Waals surface area contributed by atoms with Crippen molar-refractivity contribution in [3.8, 4) is 0 Å². The van der Waals surface area contributed by atoms with Crippen LogP contribution in [0.15, 0.2) is 46.9 Å². The molecule has 0 N–H and O–H groups in total. The molecule has 104 valence electrons. The molecule has 0 aliphatic rings. The smallest absolute Gasteiger partial charge is 0.138 e. The predicted octanol–water partition coefficient (Wildman–Crippen LogP) is 4.47. The monoisotopic (exact) mass is 267 g/mol. The number of para-hydroxylation sites is 2. The molecule has 3 aromatic rings. The highest BCUT2D eigenvalue weighted by atomic mass is 16.3. The van der Waals surface area contributed by atoms with Gasteiger partial charge in [0.05, 0.1) is 0 Å². The summed E-state index contributed by atoms with van der Waals surface area (Å²) in [5, 5.41) is 2.45. The molecule has 2 aromatic carbocycles. The predicted molar refractivity (Wildman–Crippen MR) is 85.2 cm³/mol. The zero-order valence-corrected chi connectivity index (χ0v) is 12.2. The van der Waals surface area contributed by atoms with Crippen molar-refractivity contribution in [2.24, 2.45) is 0 Å². The van der Waals surface area contributed by atoms with Crippen molar-refractivity contribution < 1.29 is 4.42 Å². The minimum absolute atomic E-state index is 0.984. The number of likely N-dealkylation sites (N-methyl/N-ethyl adjacent to an activating group) is 1. The summed E-state index contributed by atoms with van der Waals surface area (Å²) in [6.45, 7) is 7.72. The van der Waals surface area contributed by atoms with Gasteiger partial charge in [0.15, 0.2) is 0 Å². The Morgan fingerprint density at radius 1 is 0.900 bits per heavy atom. The Morgan fingerprint density at radius 3 is 2.45 bits per heavy atom. The largest absolute Gasteiger partial charge is 0.456 e. The van der Waals surface area contributed by atoms with Crippen LogP contribution in [0.1, 0.15) is 19.4 Å². The molecule has 0 saturated carbocycles. The van der Waals surface area contributed by atoms with Crippen LogP contribution in [-0.4, -0.2) is 24.5 Å². The van der Waals surface area contributed by atoms with Gasteiger partial charge >= 0.3 is 0 Å². The molecule has 1 heterocycles. The van der Waals surface area contributed by atoms with Gasteiger partial charge in [0.2, 0.25) is 0 Å². The van der Waals surface area contributed by atoms with E-state index in [0.29, 0.717) is 0 Å². The maximum absolute atomic E-state index is 6.06. The first-order chi connectivity index (χ1) is 9.83. The summed E-state index contributed by atoms with van der Waals surface area (Å²) in [4.78, 5) is 2.45. The second-order valence-electron chi connectivity index (χ2n) is 5.17. The number of fused-ring (bicyclic) bond motifs is 3. The van der Waals surface area contributed by atoms with Gasteiger partial charge < -0.3 is 9.32 Å². The molecule has 0 aliphatic heterocycles. The van der Waals surface area contributed by atoms with E-state index in [9.17, 15) is 0 Å². The molecule has 2 heteroatoms. The van der Waals surface area contributed by atoms with E-state index in [4.69, 9.17) is 4.42 Å². The van der Waals surface area contributed by atoms with Gasteiger partial charge in [0.1, 0.15) is 11.2 Å². The molecule has 0 fully saturated rings. The third kappa shape index (κ3) is 2.32. The van der Waals surface area contributed by atoms with E-state index in [-0.39, 0.29) is 0 Å². The lowest BCUT2D eigenvalue weighted by Gasteiger charge is -2.17. The van der Waals surface area contributed by atoms with Crippen molar-refractivity contribution in [3.05, 3.63) is 48.0 Å². The molecule has 3 rings (SSSR count). The summed E-state index contributed by atoms with van der Waals surface area (Å²) in [6, 6.07) is 14.8. The topological polar surface area (TPSA) is 16.4 Å². The van der Waals surface area contributed by atoms with Crippen LogP contribution in [0.5, 0.6) is 0 Å². The average Bonchev–Trinajstić information content (AvgIpc) is 2.88. The Labute approximate surface area is 120 Å². The number of hydrogen-bond acceptors (Lipinski definition) is 2. The van der Waals surface area contributed by atoms with E-state index < -0.39 is 0 Å². The molecule has 0 amide bonds. The van der Waals surface area contributed by atoms with Crippen LogP contribution in [0.2, 0.25) is 0 Å². The number of furan rings is 1. The van der Waals surface area contributed by atoms with Gasteiger partial charge in [-0.3, -0.25) is 0 Å². The van der Waals surface area contributed by atoms with Gasteiger partial charge in [-0.15, -0.1) is 0 Å². The van der Waals surface area contributed by atoms with Gasteiger partial charge in [-0.25, -0.2) is 0 Å². The molecule has 0 unspecified atom stereocenters. The first-order valence-electron chi connectivity index (χ1n) is 7.45. The average molecular weight is 267 g/mol. The summed E-state index contributed by atoms with van der Waals surface area (Å²) in [5.74, 6) is 0. The standard InChI is InChI=1S/C18H21NO/c1-3-19(4-2)13-12-14-8-7-10-16-15-9-5-6-11-17(15)20-18(14)16/h5-11H,3-4,12-13H2,1-2H3. The Hall–Kier alpha value is -1.80. The van der Waals surface area contributed by atoms with Crippen molar-refractivity contribution in [3.63, 3.8) is 0 Å². The molecule has 1 aromatic heterocycles. The Kier molecular flexibility index (Phi) is 3.75. The van der Waals surface area contributed by atoms with Crippen LogP contribution in [0.25, 0.3) is 21.9 Å². The van der Waals surface area contributed by atoms with E-state index in [1.54, 1.807) is 0 Å². The summed E-state index contributed by atoms with van der Waals surface area (Å²) in [7, 11) is 0. The number of hydrogen-bond donors (Lipinski definition) is 0. The molecule has 0 bridgehead atoms. The fourth-order valence-corrected chi connectivity index (χ4v) is 2.82. The van der Waals surface area contributed by atoms with Crippen LogP contribution in [0.4, 0.5) is 0 Å². The zero-order valence-electron chi connectivity index (χ0n) is 12.2. The fraction of sp³-hybridized carbons (Fsp3) is 0.333. The lowest BCUT2D eigenvalue weighted by molar-refractivity contribution is 0.308. The van der Waals surface area contributed by atoms with E-state index in [0.717, 1.165) is 37.2 Å². The Balaban J connectivity index is 1.99. The fourth-order valence-electron chi connectivity index (χ4n) is 2.82. The molecule has 0 atom stereocenters. The lowest BCUT2D eigenvalue weighted by Crippen LogP contribution is -2.25. The normalized spacial score (nSPS) is 11.8. The van der Waals surface area contributed by atoms with Gasteiger partial charge in [-0.05, 0) is 31.1 Å². The quantitative estimate of drug-likeness (QED) is 0.678.